The summed E-state index contributed by atoms with van der Waals surface area (Å²) in [6, 6.07) is 3.29. The second kappa shape index (κ2) is 4.41. The molecule has 0 aliphatic rings. The number of hydrogen-bond donors (Lipinski definition) is 1. The van der Waals surface area contributed by atoms with Crippen molar-refractivity contribution in [3.8, 4) is 5.88 Å². The van der Waals surface area contributed by atoms with E-state index in [1.165, 1.54) is 7.11 Å². The Morgan fingerprint density at radius 1 is 1.57 bits per heavy atom. The second-order valence-corrected chi connectivity index (χ2v) is 2.60. The van der Waals surface area contributed by atoms with E-state index in [1.807, 2.05) is 6.92 Å². The topological polar surface area (TPSA) is 59.4 Å². The molecule has 0 saturated heterocycles. The quantitative estimate of drug-likeness (QED) is 0.795. The Morgan fingerprint density at radius 2 is 2.29 bits per heavy atom. The van der Waals surface area contributed by atoms with E-state index in [2.05, 4.69) is 4.98 Å². The van der Waals surface area contributed by atoms with E-state index in [0.717, 1.165) is 0 Å². The molecular weight excluding hydrogens is 182 g/mol. The van der Waals surface area contributed by atoms with Gasteiger partial charge < -0.3 is 9.84 Å². The van der Waals surface area contributed by atoms with E-state index in [4.69, 9.17) is 9.84 Å². The molecule has 1 heterocycles. The van der Waals surface area contributed by atoms with Gasteiger partial charge in [-0.3, -0.25) is 0 Å². The number of aromatic nitrogens is 1. The maximum Gasteiger partial charge on any atom is 0.355 e. The van der Waals surface area contributed by atoms with Crippen LogP contribution in [0.5, 0.6) is 5.88 Å². The molecule has 1 aromatic heterocycles. The van der Waals surface area contributed by atoms with Crippen LogP contribution < -0.4 is 4.74 Å². The smallest absolute Gasteiger partial charge is 0.355 e. The Balaban J connectivity index is 3.23. The standard InChI is InChI=1S/C10H11NO3/c1-3-4-7-5-6-8(14-2)11-9(7)10(12)13/h3-6H,1-2H3,(H,12,13). The monoisotopic (exact) mass is 193 g/mol. The van der Waals surface area contributed by atoms with Crippen LogP contribution in [0.25, 0.3) is 6.08 Å². The maximum atomic E-state index is 10.8. The zero-order valence-electron chi connectivity index (χ0n) is 8.02. The summed E-state index contributed by atoms with van der Waals surface area (Å²) in [5, 5.41) is 8.86. The van der Waals surface area contributed by atoms with Crippen LogP contribution in [-0.2, 0) is 0 Å². The van der Waals surface area contributed by atoms with Crippen molar-refractivity contribution in [1.82, 2.24) is 4.98 Å². The summed E-state index contributed by atoms with van der Waals surface area (Å²) in [6.07, 6.45) is 3.45. The summed E-state index contributed by atoms with van der Waals surface area (Å²) in [5.74, 6) is -0.757. The molecule has 0 aromatic carbocycles. The second-order valence-electron chi connectivity index (χ2n) is 2.60. The van der Waals surface area contributed by atoms with Crippen LogP contribution in [0.15, 0.2) is 18.2 Å². The van der Waals surface area contributed by atoms with E-state index >= 15 is 0 Å². The van der Waals surface area contributed by atoms with E-state index in [9.17, 15) is 4.79 Å². The molecule has 0 amide bonds. The number of nitrogens with zero attached hydrogens (tertiary/aromatic N) is 1. The third-order valence-corrected chi connectivity index (χ3v) is 1.66. The number of carboxylic acids is 1. The summed E-state index contributed by atoms with van der Waals surface area (Å²) in [6.45, 7) is 1.82. The Morgan fingerprint density at radius 3 is 2.79 bits per heavy atom. The lowest BCUT2D eigenvalue weighted by Crippen LogP contribution is -2.04. The minimum absolute atomic E-state index is 0.00227. The molecule has 1 aromatic rings. The fourth-order valence-electron chi connectivity index (χ4n) is 1.05. The van der Waals surface area contributed by atoms with Gasteiger partial charge in [-0.05, 0) is 13.0 Å². The van der Waals surface area contributed by atoms with Crippen molar-refractivity contribution >= 4 is 12.0 Å². The minimum atomic E-state index is -1.06. The summed E-state index contributed by atoms with van der Waals surface area (Å²) in [5.41, 5.74) is 0.572. The molecule has 0 saturated carbocycles. The van der Waals surface area contributed by atoms with Gasteiger partial charge in [-0.1, -0.05) is 12.2 Å². The normalized spacial score (nSPS) is 10.4. The van der Waals surface area contributed by atoms with E-state index in [1.54, 1.807) is 24.3 Å². The van der Waals surface area contributed by atoms with Gasteiger partial charge in [0.1, 0.15) is 0 Å². The van der Waals surface area contributed by atoms with Gasteiger partial charge in [-0.2, -0.15) is 0 Å². The third-order valence-electron chi connectivity index (χ3n) is 1.66. The van der Waals surface area contributed by atoms with E-state index in [0.29, 0.717) is 11.4 Å². The molecule has 0 unspecified atom stereocenters. The first-order valence-electron chi connectivity index (χ1n) is 4.10. The van der Waals surface area contributed by atoms with Crippen molar-refractivity contribution in [2.45, 2.75) is 6.92 Å². The number of allylic oxidation sites excluding steroid dienone is 1. The number of carbonyl (C=O) groups is 1. The van der Waals surface area contributed by atoms with E-state index < -0.39 is 5.97 Å². The first-order valence-corrected chi connectivity index (χ1v) is 4.10. The van der Waals surface area contributed by atoms with Crippen molar-refractivity contribution in [2.24, 2.45) is 0 Å². The number of carboxylic acid groups (broad SMARTS) is 1. The Hall–Kier alpha value is -1.84. The van der Waals surface area contributed by atoms with Crippen LogP contribution in [0.1, 0.15) is 23.0 Å². The zero-order valence-corrected chi connectivity index (χ0v) is 8.02. The molecule has 0 bridgehead atoms. The van der Waals surface area contributed by atoms with Crippen molar-refractivity contribution in [1.29, 1.82) is 0 Å². The highest BCUT2D eigenvalue weighted by Crippen LogP contribution is 2.14. The van der Waals surface area contributed by atoms with Gasteiger partial charge in [0.15, 0.2) is 5.69 Å². The van der Waals surface area contributed by atoms with Crippen LogP contribution in [0, 0.1) is 0 Å². The van der Waals surface area contributed by atoms with Crippen LogP contribution in [-0.4, -0.2) is 23.2 Å². The molecule has 0 aliphatic heterocycles. The molecular formula is C10H11NO3. The van der Waals surface area contributed by atoms with Crippen molar-refractivity contribution in [3.05, 3.63) is 29.5 Å². The molecule has 1 N–H and O–H groups in total. The van der Waals surface area contributed by atoms with Crippen LogP contribution >= 0.6 is 0 Å². The number of rotatable bonds is 3. The summed E-state index contributed by atoms with van der Waals surface area (Å²) in [4.78, 5) is 14.6. The largest absolute Gasteiger partial charge is 0.481 e. The molecule has 1 rings (SSSR count). The molecule has 0 atom stereocenters. The number of hydrogen-bond acceptors (Lipinski definition) is 3. The van der Waals surface area contributed by atoms with Crippen LogP contribution in [0.2, 0.25) is 0 Å². The molecule has 4 heteroatoms. The number of aromatic carboxylic acids is 1. The van der Waals surface area contributed by atoms with Crippen LogP contribution in [0.3, 0.4) is 0 Å². The molecule has 0 fully saturated rings. The molecule has 0 radical (unpaired) electrons. The summed E-state index contributed by atoms with van der Waals surface area (Å²) in [7, 11) is 1.45. The SMILES string of the molecule is CC=Cc1ccc(OC)nc1C(=O)O. The lowest BCUT2D eigenvalue weighted by Gasteiger charge is -2.03. The maximum absolute atomic E-state index is 10.8. The van der Waals surface area contributed by atoms with Gasteiger partial charge in [0.25, 0.3) is 0 Å². The van der Waals surface area contributed by atoms with Crippen molar-refractivity contribution in [3.63, 3.8) is 0 Å². The number of ether oxygens (including phenoxy) is 1. The van der Waals surface area contributed by atoms with Gasteiger partial charge in [-0.25, -0.2) is 9.78 Å². The highest BCUT2D eigenvalue weighted by molar-refractivity contribution is 5.90. The minimum Gasteiger partial charge on any atom is -0.481 e. The van der Waals surface area contributed by atoms with Gasteiger partial charge in [0, 0.05) is 11.6 Å². The van der Waals surface area contributed by atoms with Crippen molar-refractivity contribution in [2.75, 3.05) is 7.11 Å². The Labute approximate surface area is 81.9 Å². The zero-order chi connectivity index (χ0) is 10.6. The summed E-state index contributed by atoms with van der Waals surface area (Å²) < 4.78 is 4.84. The highest BCUT2D eigenvalue weighted by Gasteiger charge is 2.10. The van der Waals surface area contributed by atoms with Crippen LogP contribution in [0.4, 0.5) is 0 Å². The van der Waals surface area contributed by atoms with E-state index in [-0.39, 0.29) is 5.69 Å². The molecule has 0 aliphatic carbocycles. The summed E-state index contributed by atoms with van der Waals surface area (Å²) >= 11 is 0. The average Bonchev–Trinajstić information content (AvgIpc) is 2.18. The first-order chi connectivity index (χ1) is 6.69. The molecule has 4 nitrogen and oxygen atoms in total. The fraction of sp³-hybridized carbons (Fsp3) is 0.200. The van der Waals surface area contributed by atoms with Gasteiger partial charge in [0.05, 0.1) is 7.11 Å². The molecule has 74 valence electrons. The number of pyridine rings is 1. The fourth-order valence-corrected chi connectivity index (χ4v) is 1.05. The Bertz CT molecular complexity index is 372. The predicted octanol–water partition coefficient (Wildman–Crippen LogP) is 1.82. The predicted molar refractivity (Wildman–Crippen MR) is 52.5 cm³/mol. The molecule has 0 spiro atoms. The average molecular weight is 193 g/mol. The Kier molecular flexibility index (Phi) is 3.23. The highest BCUT2D eigenvalue weighted by atomic mass is 16.5. The van der Waals surface area contributed by atoms with Gasteiger partial charge in [-0.15, -0.1) is 0 Å². The third kappa shape index (κ3) is 2.10. The van der Waals surface area contributed by atoms with Crippen molar-refractivity contribution < 1.29 is 14.6 Å². The molecule has 14 heavy (non-hydrogen) atoms. The lowest BCUT2D eigenvalue weighted by molar-refractivity contribution is 0.0689. The first kappa shape index (κ1) is 10.2. The number of methoxy groups -OCH3 is 1. The van der Waals surface area contributed by atoms with Gasteiger partial charge in [0.2, 0.25) is 5.88 Å². The lowest BCUT2D eigenvalue weighted by atomic mass is 10.2. The van der Waals surface area contributed by atoms with Gasteiger partial charge >= 0.3 is 5.97 Å².